The number of thioether (sulfide) groups is 1. The highest BCUT2D eigenvalue weighted by atomic mass is 32.2. The van der Waals surface area contributed by atoms with Crippen molar-refractivity contribution in [1.82, 2.24) is 0 Å². The summed E-state index contributed by atoms with van der Waals surface area (Å²) in [6.07, 6.45) is 2.78. The third kappa shape index (κ3) is 4.59. The van der Waals surface area contributed by atoms with Crippen LogP contribution in [0.1, 0.15) is 26.2 Å². The van der Waals surface area contributed by atoms with Gasteiger partial charge in [-0.25, -0.2) is 0 Å². The third-order valence-corrected chi connectivity index (χ3v) is 4.10. The van der Waals surface area contributed by atoms with Gasteiger partial charge in [0.15, 0.2) is 0 Å². The summed E-state index contributed by atoms with van der Waals surface area (Å²) in [4.78, 5) is 0.222. The van der Waals surface area contributed by atoms with Crippen LogP contribution in [0, 0.1) is 0 Å². The lowest BCUT2D eigenvalue weighted by molar-refractivity contribution is -0.0328. The van der Waals surface area contributed by atoms with Crippen LogP contribution < -0.4 is 5.32 Å². The minimum absolute atomic E-state index is 0.0713. The summed E-state index contributed by atoms with van der Waals surface area (Å²) in [5.41, 5.74) is -3.71. The molecule has 2 atom stereocenters. The fourth-order valence-corrected chi connectivity index (χ4v) is 2.95. The quantitative estimate of drug-likeness (QED) is 0.817. The van der Waals surface area contributed by atoms with Crippen molar-refractivity contribution in [3.05, 3.63) is 24.3 Å². The van der Waals surface area contributed by atoms with E-state index in [0.29, 0.717) is 12.3 Å². The van der Waals surface area contributed by atoms with Gasteiger partial charge in [-0.1, -0.05) is 19.1 Å². The Hall–Kier alpha value is -0.880. The number of halogens is 3. The topological polar surface area (TPSA) is 21.3 Å². The highest BCUT2D eigenvalue weighted by Crippen LogP contribution is 2.40. The first kappa shape index (κ1) is 15.5. The average molecular weight is 305 g/mol. The normalized spacial score (nSPS) is 23.6. The molecule has 0 spiro atoms. The van der Waals surface area contributed by atoms with Gasteiger partial charge in [-0.2, -0.15) is 13.2 Å². The van der Waals surface area contributed by atoms with Gasteiger partial charge in [0.1, 0.15) is 0 Å². The lowest BCUT2D eigenvalue weighted by Gasteiger charge is -2.30. The highest BCUT2D eigenvalue weighted by molar-refractivity contribution is 8.00. The second-order valence-corrected chi connectivity index (χ2v) is 5.92. The van der Waals surface area contributed by atoms with Crippen LogP contribution in [0.5, 0.6) is 0 Å². The van der Waals surface area contributed by atoms with E-state index < -0.39 is 5.51 Å². The summed E-state index contributed by atoms with van der Waals surface area (Å²) in [7, 11) is 0. The van der Waals surface area contributed by atoms with Gasteiger partial charge in [-0.15, -0.1) is 0 Å². The molecule has 1 aromatic carbocycles. The molecule has 0 aromatic heterocycles. The number of hydrogen-bond acceptors (Lipinski definition) is 3. The Kier molecular flexibility index (Phi) is 5.21. The molecule has 1 aliphatic heterocycles. The molecule has 2 nitrogen and oxygen atoms in total. The molecule has 1 N–H and O–H groups in total. The van der Waals surface area contributed by atoms with Gasteiger partial charge >= 0.3 is 5.51 Å². The Morgan fingerprint density at radius 1 is 1.35 bits per heavy atom. The van der Waals surface area contributed by atoms with Crippen molar-refractivity contribution in [3.63, 3.8) is 0 Å². The van der Waals surface area contributed by atoms with Crippen LogP contribution >= 0.6 is 11.8 Å². The maximum atomic E-state index is 12.5. The summed E-state index contributed by atoms with van der Waals surface area (Å²) in [6.45, 7) is 2.71. The second kappa shape index (κ2) is 6.72. The number of ether oxygens (including phenoxy) is 1. The largest absolute Gasteiger partial charge is 0.446 e. The molecule has 0 amide bonds. The summed E-state index contributed by atoms with van der Waals surface area (Å²) < 4.78 is 43.2. The molecule has 1 aliphatic rings. The van der Waals surface area contributed by atoms with Crippen LogP contribution in [-0.2, 0) is 4.74 Å². The number of benzene rings is 1. The number of nitrogens with one attached hydrogen (secondary N) is 1. The molecule has 1 aromatic rings. The van der Waals surface area contributed by atoms with Crippen molar-refractivity contribution in [1.29, 1.82) is 0 Å². The van der Waals surface area contributed by atoms with E-state index in [0.717, 1.165) is 19.3 Å². The zero-order valence-electron chi connectivity index (χ0n) is 11.2. The van der Waals surface area contributed by atoms with Gasteiger partial charge in [0, 0.05) is 23.2 Å². The van der Waals surface area contributed by atoms with Gasteiger partial charge in [0.2, 0.25) is 0 Å². The summed E-state index contributed by atoms with van der Waals surface area (Å²) in [6, 6.07) is 6.74. The molecule has 6 heteroatoms. The predicted molar refractivity (Wildman–Crippen MR) is 75.0 cm³/mol. The molecule has 20 heavy (non-hydrogen) atoms. The van der Waals surface area contributed by atoms with Crippen molar-refractivity contribution in [3.8, 4) is 0 Å². The molecule has 2 unspecified atom stereocenters. The van der Waals surface area contributed by atoms with Crippen molar-refractivity contribution in [2.24, 2.45) is 0 Å². The minimum Gasteiger partial charge on any atom is -0.381 e. The number of alkyl halides is 3. The highest BCUT2D eigenvalue weighted by Gasteiger charge is 2.31. The molecule has 0 aliphatic carbocycles. The average Bonchev–Trinajstić information content (AvgIpc) is 2.40. The standard InChI is InChI=1S/C14H18F3NOS/c1-2-11-9-10(7-8-19-11)18-12-5-3-4-6-13(12)20-14(15,16)17/h3-6,10-11,18H,2,7-9H2,1H3. The number of rotatable bonds is 4. The lowest BCUT2D eigenvalue weighted by atomic mass is 10.0. The van der Waals surface area contributed by atoms with E-state index in [-0.39, 0.29) is 28.8 Å². The Balaban J connectivity index is 2.05. The van der Waals surface area contributed by atoms with Crippen molar-refractivity contribution >= 4 is 17.4 Å². The molecule has 0 saturated carbocycles. The third-order valence-electron chi connectivity index (χ3n) is 3.29. The first-order valence-corrected chi connectivity index (χ1v) is 7.52. The van der Waals surface area contributed by atoms with E-state index >= 15 is 0 Å². The van der Waals surface area contributed by atoms with Crippen LogP contribution in [-0.4, -0.2) is 24.3 Å². The van der Waals surface area contributed by atoms with Crippen LogP contribution in [0.15, 0.2) is 29.2 Å². The number of para-hydroxylation sites is 1. The van der Waals surface area contributed by atoms with Gasteiger partial charge in [-0.3, -0.25) is 0 Å². The first-order valence-electron chi connectivity index (χ1n) is 6.71. The molecule has 1 fully saturated rings. The van der Waals surface area contributed by atoms with Gasteiger partial charge in [0.05, 0.1) is 6.10 Å². The Bertz CT molecular complexity index is 439. The Morgan fingerprint density at radius 3 is 2.80 bits per heavy atom. The van der Waals surface area contributed by atoms with E-state index in [4.69, 9.17) is 4.74 Å². The SMILES string of the molecule is CCC1CC(Nc2ccccc2SC(F)(F)F)CCO1. The van der Waals surface area contributed by atoms with Crippen molar-refractivity contribution in [2.45, 2.75) is 48.7 Å². The van der Waals surface area contributed by atoms with E-state index in [2.05, 4.69) is 12.2 Å². The zero-order valence-corrected chi connectivity index (χ0v) is 12.1. The zero-order chi connectivity index (χ0) is 14.6. The molecule has 0 radical (unpaired) electrons. The van der Waals surface area contributed by atoms with Crippen LogP contribution in [0.25, 0.3) is 0 Å². The fourth-order valence-electron chi connectivity index (χ4n) is 2.32. The van der Waals surface area contributed by atoms with E-state index in [1.165, 1.54) is 6.07 Å². The monoisotopic (exact) mass is 305 g/mol. The molecular weight excluding hydrogens is 287 g/mol. The molecule has 1 saturated heterocycles. The second-order valence-electron chi connectivity index (χ2n) is 4.81. The van der Waals surface area contributed by atoms with Crippen LogP contribution in [0.3, 0.4) is 0 Å². The van der Waals surface area contributed by atoms with E-state index in [1.807, 2.05) is 0 Å². The molecule has 0 bridgehead atoms. The van der Waals surface area contributed by atoms with Crippen LogP contribution in [0.2, 0.25) is 0 Å². The van der Waals surface area contributed by atoms with Crippen molar-refractivity contribution in [2.75, 3.05) is 11.9 Å². The minimum atomic E-state index is -4.26. The Morgan fingerprint density at radius 2 is 2.10 bits per heavy atom. The summed E-state index contributed by atoms with van der Waals surface area (Å²) in [5.74, 6) is 0. The molecular formula is C14H18F3NOS. The van der Waals surface area contributed by atoms with Crippen LogP contribution in [0.4, 0.5) is 18.9 Å². The Labute approximate surface area is 121 Å². The molecule has 1 heterocycles. The first-order chi connectivity index (χ1) is 9.48. The maximum Gasteiger partial charge on any atom is 0.446 e. The summed E-state index contributed by atoms with van der Waals surface area (Å²) in [5, 5.41) is 3.24. The fraction of sp³-hybridized carbons (Fsp3) is 0.571. The molecule has 2 rings (SSSR count). The van der Waals surface area contributed by atoms with E-state index in [1.54, 1.807) is 18.2 Å². The number of hydrogen-bond donors (Lipinski definition) is 1. The lowest BCUT2D eigenvalue weighted by Crippen LogP contribution is -2.33. The van der Waals surface area contributed by atoms with Gasteiger partial charge < -0.3 is 10.1 Å². The van der Waals surface area contributed by atoms with Gasteiger partial charge in [0.25, 0.3) is 0 Å². The predicted octanol–water partition coefficient (Wildman–Crippen LogP) is 4.67. The van der Waals surface area contributed by atoms with Gasteiger partial charge in [-0.05, 0) is 43.2 Å². The maximum absolute atomic E-state index is 12.5. The van der Waals surface area contributed by atoms with Crippen molar-refractivity contribution < 1.29 is 17.9 Å². The summed E-state index contributed by atoms with van der Waals surface area (Å²) >= 11 is -0.0713. The molecule has 112 valence electrons. The smallest absolute Gasteiger partial charge is 0.381 e. The van der Waals surface area contributed by atoms with E-state index in [9.17, 15) is 13.2 Å². The number of anilines is 1.